The van der Waals surface area contributed by atoms with E-state index >= 15 is 0 Å². The number of carbonyl (C=O) groups excluding carboxylic acids is 1. The van der Waals surface area contributed by atoms with Gasteiger partial charge in [-0.25, -0.2) is 0 Å². The Bertz CT molecular complexity index is 477. The van der Waals surface area contributed by atoms with E-state index in [1.807, 2.05) is 30.0 Å². The lowest BCUT2D eigenvalue weighted by Gasteiger charge is -2.31. The molecule has 0 aromatic heterocycles. The quantitative estimate of drug-likeness (QED) is 0.729. The Morgan fingerprint density at radius 3 is 2.60 bits per heavy atom. The molecule has 2 heteroatoms. The number of nitrogens with zero attached hydrogens (tertiary/aromatic N) is 1. The number of allylic oxidation sites excluding steroid dienone is 1. The van der Waals surface area contributed by atoms with Crippen molar-refractivity contribution >= 4 is 5.91 Å². The van der Waals surface area contributed by atoms with E-state index < -0.39 is 0 Å². The minimum atomic E-state index is 0.136. The minimum absolute atomic E-state index is 0.136. The predicted molar refractivity (Wildman–Crippen MR) is 83.3 cm³/mol. The SMILES string of the molecule is CCC(=O)N(CC1=CCC[C@@H]1C)[C@@H](C)c1ccccc1. The van der Waals surface area contributed by atoms with Crippen LogP contribution < -0.4 is 0 Å². The third-order valence-corrected chi connectivity index (χ3v) is 4.36. The van der Waals surface area contributed by atoms with Crippen molar-refractivity contribution in [1.82, 2.24) is 4.90 Å². The van der Waals surface area contributed by atoms with Crippen molar-refractivity contribution in [3.05, 3.63) is 47.5 Å². The molecule has 0 radical (unpaired) electrons. The van der Waals surface area contributed by atoms with Crippen LogP contribution in [-0.2, 0) is 4.79 Å². The van der Waals surface area contributed by atoms with Crippen LogP contribution >= 0.6 is 0 Å². The van der Waals surface area contributed by atoms with Crippen LogP contribution in [0.1, 0.15) is 51.6 Å². The lowest BCUT2D eigenvalue weighted by molar-refractivity contribution is -0.132. The molecule has 0 N–H and O–H groups in total. The van der Waals surface area contributed by atoms with Gasteiger partial charge in [-0.15, -0.1) is 0 Å². The fraction of sp³-hybridized carbons (Fsp3) is 0.500. The molecule has 1 amide bonds. The Kier molecular flexibility index (Phi) is 4.99. The van der Waals surface area contributed by atoms with Crippen molar-refractivity contribution in [3.8, 4) is 0 Å². The van der Waals surface area contributed by atoms with Gasteiger partial charge in [0.15, 0.2) is 0 Å². The largest absolute Gasteiger partial charge is 0.332 e. The van der Waals surface area contributed by atoms with Crippen LogP contribution in [0.25, 0.3) is 0 Å². The van der Waals surface area contributed by atoms with E-state index in [4.69, 9.17) is 0 Å². The highest BCUT2D eigenvalue weighted by atomic mass is 16.2. The first-order chi connectivity index (χ1) is 9.63. The monoisotopic (exact) mass is 271 g/mol. The topological polar surface area (TPSA) is 20.3 Å². The van der Waals surface area contributed by atoms with Crippen molar-refractivity contribution < 1.29 is 4.79 Å². The summed E-state index contributed by atoms with van der Waals surface area (Å²) in [4.78, 5) is 14.4. The van der Waals surface area contributed by atoms with E-state index in [1.165, 1.54) is 17.6 Å². The highest BCUT2D eigenvalue weighted by molar-refractivity contribution is 5.76. The van der Waals surface area contributed by atoms with Crippen LogP contribution in [0.2, 0.25) is 0 Å². The fourth-order valence-electron chi connectivity index (χ4n) is 2.88. The van der Waals surface area contributed by atoms with Crippen LogP contribution in [0.3, 0.4) is 0 Å². The smallest absolute Gasteiger partial charge is 0.223 e. The highest BCUT2D eigenvalue weighted by Crippen LogP contribution is 2.29. The molecule has 0 unspecified atom stereocenters. The number of hydrogen-bond donors (Lipinski definition) is 0. The van der Waals surface area contributed by atoms with Gasteiger partial charge in [0.25, 0.3) is 0 Å². The number of rotatable bonds is 5. The molecule has 2 atom stereocenters. The molecule has 0 spiro atoms. The zero-order chi connectivity index (χ0) is 14.5. The summed E-state index contributed by atoms with van der Waals surface area (Å²) in [7, 11) is 0. The van der Waals surface area contributed by atoms with Crippen molar-refractivity contribution in [3.63, 3.8) is 0 Å². The molecule has 1 aliphatic carbocycles. The molecule has 0 saturated carbocycles. The van der Waals surface area contributed by atoms with Gasteiger partial charge in [0, 0.05) is 13.0 Å². The van der Waals surface area contributed by atoms with E-state index in [2.05, 4.69) is 32.1 Å². The Balaban J connectivity index is 2.17. The van der Waals surface area contributed by atoms with Gasteiger partial charge < -0.3 is 4.90 Å². The molecule has 0 fully saturated rings. The number of carbonyl (C=O) groups is 1. The number of amides is 1. The third kappa shape index (κ3) is 3.30. The molecule has 0 heterocycles. The summed E-state index contributed by atoms with van der Waals surface area (Å²) in [5.41, 5.74) is 2.63. The maximum absolute atomic E-state index is 12.3. The van der Waals surface area contributed by atoms with E-state index in [1.54, 1.807) is 0 Å². The first-order valence-corrected chi connectivity index (χ1v) is 7.66. The van der Waals surface area contributed by atoms with Crippen molar-refractivity contribution in [2.75, 3.05) is 6.54 Å². The summed E-state index contributed by atoms with van der Waals surface area (Å²) in [6.45, 7) is 7.12. The average Bonchev–Trinajstić information content (AvgIpc) is 2.89. The highest BCUT2D eigenvalue weighted by Gasteiger charge is 2.24. The van der Waals surface area contributed by atoms with Crippen molar-refractivity contribution in [1.29, 1.82) is 0 Å². The molecule has 0 saturated heterocycles. The predicted octanol–water partition coefficient (Wildman–Crippen LogP) is 4.34. The molecule has 1 aliphatic rings. The standard InChI is InChI=1S/C18H25NO/c1-4-18(20)19(13-17-12-8-9-14(17)2)15(3)16-10-6-5-7-11-16/h5-7,10-12,14-15H,4,8-9,13H2,1-3H3/t14-,15-/m0/s1. The van der Waals surface area contributed by atoms with E-state index in [9.17, 15) is 4.79 Å². The van der Waals surface area contributed by atoms with Gasteiger partial charge in [-0.05, 0) is 31.2 Å². The molecule has 1 aromatic carbocycles. The molecule has 0 bridgehead atoms. The van der Waals surface area contributed by atoms with Crippen LogP contribution in [-0.4, -0.2) is 17.4 Å². The Morgan fingerprint density at radius 2 is 2.05 bits per heavy atom. The van der Waals surface area contributed by atoms with Crippen molar-refractivity contribution in [2.24, 2.45) is 5.92 Å². The molecule has 0 aliphatic heterocycles. The summed E-state index contributed by atoms with van der Waals surface area (Å²) < 4.78 is 0. The summed E-state index contributed by atoms with van der Waals surface area (Å²) in [6, 6.07) is 10.4. The second kappa shape index (κ2) is 6.74. The second-order valence-corrected chi connectivity index (χ2v) is 5.72. The van der Waals surface area contributed by atoms with E-state index in [0.29, 0.717) is 12.3 Å². The number of benzene rings is 1. The normalized spacial score (nSPS) is 19.6. The first-order valence-electron chi connectivity index (χ1n) is 7.66. The van der Waals surface area contributed by atoms with E-state index in [-0.39, 0.29) is 11.9 Å². The van der Waals surface area contributed by atoms with Crippen LogP contribution in [0.4, 0.5) is 0 Å². The minimum Gasteiger partial charge on any atom is -0.332 e. The van der Waals surface area contributed by atoms with Gasteiger partial charge in [-0.2, -0.15) is 0 Å². The maximum Gasteiger partial charge on any atom is 0.223 e. The Morgan fingerprint density at radius 1 is 1.35 bits per heavy atom. The number of hydrogen-bond acceptors (Lipinski definition) is 1. The summed E-state index contributed by atoms with van der Waals surface area (Å²) in [6.07, 6.45) is 5.27. The van der Waals surface area contributed by atoms with Crippen LogP contribution in [0.15, 0.2) is 42.0 Å². The van der Waals surface area contributed by atoms with E-state index in [0.717, 1.165) is 13.0 Å². The van der Waals surface area contributed by atoms with Gasteiger partial charge >= 0.3 is 0 Å². The first kappa shape index (κ1) is 14.8. The lowest BCUT2D eigenvalue weighted by Crippen LogP contribution is -2.35. The van der Waals surface area contributed by atoms with Crippen LogP contribution in [0, 0.1) is 5.92 Å². The second-order valence-electron chi connectivity index (χ2n) is 5.72. The molecule has 2 rings (SSSR count). The lowest BCUT2D eigenvalue weighted by atomic mass is 10.0. The van der Waals surface area contributed by atoms with Crippen LogP contribution in [0.5, 0.6) is 0 Å². The zero-order valence-electron chi connectivity index (χ0n) is 12.8. The molecular weight excluding hydrogens is 246 g/mol. The zero-order valence-corrected chi connectivity index (χ0v) is 12.8. The van der Waals surface area contributed by atoms with Gasteiger partial charge in [-0.3, -0.25) is 4.79 Å². The summed E-state index contributed by atoms with van der Waals surface area (Å²) in [5, 5.41) is 0. The average molecular weight is 271 g/mol. The molecule has 2 nitrogen and oxygen atoms in total. The molecule has 20 heavy (non-hydrogen) atoms. The summed E-state index contributed by atoms with van der Waals surface area (Å²) in [5.74, 6) is 0.853. The van der Waals surface area contributed by atoms with Gasteiger partial charge in [0.05, 0.1) is 6.04 Å². The van der Waals surface area contributed by atoms with Gasteiger partial charge in [-0.1, -0.05) is 55.8 Å². The molecular formula is C18H25NO. The summed E-state index contributed by atoms with van der Waals surface area (Å²) >= 11 is 0. The van der Waals surface area contributed by atoms with Gasteiger partial charge in [0.2, 0.25) is 5.91 Å². The third-order valence-electron chi connectivity index (χ3n) is 4.36. The fourth-order valence-corrected chi connectivity index (χ4v) is 2.88. The van der Waals surface area contributed by atoms with Crippen molar-refractivity contribution in [2.45, 2.75) is 46.1 Å². The Hall–Kier alpha value is -1.57. The van der Waals surface area contributed by atoms with Gasteiger partial charge in [0.1, 0.15) is 0 Å². The molecule has 1 aromatic rings. The Labute approximate surface area is 122 Å². The molecule has 108 valence electrons. The maximum atomic E-state index is 12.3.